The molecule has 2 aromatic carbocycles. The number of hydrogen-bond donors (Lipinski definition) is 1. The molecule has 0 saturated heterocycles. The van der Waals surface area contributed by atoms with Gasteiger partial charge in [-0.05, 0) is 50.1 Å². The highest BCUT2D eigenvalue weighted by molar-refractivity contribution is 7.92. The van der Waals surface area contributed by atoms with Crippen LogP contribution in [-0.4, -0.2) is 50.0 Å². The van der Waals surface area contributed by atoms with Gasteiger partial charge in [-0.25, -0.2) is 8.42 Å². The number of carbonyl (C=O) groups excluding carboxylic acids is 2. The number of nitrogens with one attached hydrogen (secondary N) is 1. The zero-order chi connectivity index (χ0) is 27.2. The van der Waals surface area contributed by atoms with Crippen LogP contribution in [0.5, 0.6) is 0 Å². The van der Waals surface area contributed by atoms with E-state index in [-0.39, 0.29) is 40.6 Å². The Labute approximate surface area is 232 Å². The van der Waals surface area contributed by atoms with Gasteiger partial charge in [-0.3, -0.25) is 13.9 Å². The molecule has 0 aliphatic heterocycles. The minimum absolute atomic E-state index is 0.0489. The second-order valence-corrected chi connectivity index (χ2v) is 11.9. The van der Waals surface area contributed by atoms with Crippen LogP contribution < -0.4 is 9.62 Å². The van der Waals surface area contributed by atoms with Crippen LogP contribution >= 0.6 is 46.4 Å². The summed E-state index contributed by atoms with van der Waals surface area (Å²) >= 11 is 25.1. The number of amides is 2. The van der Waals surface area contributed by atoms with Gasteiger partial charge in [-0.2, -0.15) is 0 Å². The SMILES string of the molecule is CC[C@@H](C)NC(=O)[C@@H](CC)N(Cc1c(Cl)cccc1Cl)C(=O)CN(c1cc(Cl)ccc1Cl)S(C)(=O)=O. The fourth-order valence-corrected chi connectivity index (χ4v) is 5.29. The lowest BCUT2D eigenvalue weighted by Gasteiger charge is -2.34. The van der Waals surface area contributed by atoms with Crippen molar-refractivity contribution < 1.29 is 18.0 Å². The van der Waals surface area contributed by atoms with Crippen LogP contribution in [0.4, 0.5) is 5.69 Å². The van der Waals surface area contributed by atoms with E-state index in [1.165, 1.54) is 23.1 Å². The molecular formula is C24H29Cl4N3O4S. The molecule has 198 valence electrons. The number of halogens is 4. The third kappa shape index (κ3) is 7.89. The molecule has 1 N–H and O–H groups in total. The van der Waals surface area contributed by atoms with Crippen molar-refractivity contribution in [1.82, 2.24) is 10.2 Å². The van der Waals surface area contributed by atoms with E-state index >= 15 is 0 Å². The van der Waals surface area contributed by atoms with Gasteiger partial charge in [0.15, 0.2) is 0 Å². The van der Waals surface area contributed by atoms with Gasteiger partial charge in [0.2, 0.25) is 21.8 Å². The zero-order valence-electron chi connectivity index (χ0n) is 20.4. The first-order valence-electron chi connectivity index (χ1n) is 11.3. The lowest BCUT2D eigenvalue weighted by molar-refractivity contribution is -0.140. The molecular weight excluding hydrogens is 568 g/mol. The maximum absolute atomic E-state index is 13.7. The molecule has 0 heterocycles. The molecule has 0 radical (unpaired) electrons. The molecule has 0 fully saturated rings. The highest BCUT2D eigenvalue weighted by Crippen LogP contribution is 2.32. The Morgan fingerprint density at radius 1 is 0.972 bits per heavy atom. The van der Waals surface area contributed by atoms with Crippen LogP contribution in [0.25, 0.3) is 0 Å². The Morgan fingerprint density at radius 3 is 2.11 bits per heavy atom. The van der Waals surface area contributed by atoms with Gasteiger partial charge in [-0.15, -0.1) is 0 Å². The Kier molecular flexibility index (Phi) is 11.2. The summed E-state index contributed by atoms with van der Waals surface area (Å²) in [6.45, 7) is 4.82. The molecule has 2 aromatic rings. The molecule has 0 aliphatic rings. The highest BCUT2D eigenvalue weighted by atomic mass is 35.5. The molecule has 0 aromatic heterocycles. The first kappa shape index (κ1) is 30.5. The van der Waals surface area contributed by atoms with Gasteiger partial charge in [-0.1, -0.05) is 66.3 Å². The Balaban J connectivity index is 2.55. The molecule has 0 unspecified atom stereocenters. The predicted molar refractivity (Wildman–Crippen MR) is 148 cm³/mol. The number of anilines is 1. The fraction of sp³-hybridized carbons (Fsp3) is 0.417. The second-order valence-electron chi connectivity index (χ2n) is 8.33. The van der Waals surface area contributed by atoms with Crippen molar-refractivity contribution in [3.63, 3.8) is 0 Å². The van der Waals surface area contributed by atoms with Crippen LogP contribution in [0.3, 0.4) is 0 Å². The second kappa shape index (κ2) is 13.2. The molecule has 2 rings (SSSR count). The molecule has 2 atom stereocenters. The third-order valence-corrected chi connectivity index (χ3v) is 8.02. The van der Waals surface area contributed by atoms with Gasteiger partial charge >= 0.3 is 0 Å². The third-order valence-electron chi connectivity index (χ3n) is 5.63. The average molecular weight is 597 g/mol. The summed E-state index contributed by atoms with van der Waals surface area (Å²) in [5, 5.41) is 3.87. The van der Waals surface area contributed by atoms with Crippen LogP contribution in [0.15, 0.2) is 36.4 Å². The number of carbonyl (C=O) groups is 2. The van der Waals surface area contributed by atoms with E-state index in [9.17, 15) is 18.0 Å². The lowest BCUT2D eigenvalue weighted by atomic mass is 10.1. The van der Waals surface area contributed by atoms with Crippen LogP contribution in [-0.2, 0) is 26.2 Å². The van der Waals surface area contributed by atoms with Crippen molar-refractivity contribution in [1.29, 1.82) is 0 Å². The summed E-state index contributed by atoms with van der Waals surface area (Å²) in [5.41, 5.74) is 0.489. The van der Waals surface area contributed by atoms with E-state index in [2.05, 4.69) is 5.32 Å². The number of rotatable bonds is 11. The summed E-state index contributed by atoms with van der Waals surface area (Å²) in [6, 6.07) is 8.20. The van der Waals surface area contributed by atoms with E-state index in [0.717, 1.165) is 10.6 Å². The van der Waals surface area contributed by atoms with Gasteiger partial charge in [0.25, 0.3) is 0 Å². The Hall–Kier alpha value is -1.71. The van der Waals surface area contributed by atoms with Gasteiger partial charge in [0.1, 0.15) is 12.6 Å². The normalized spacial score (nSPS) is 13.1. The fourth-order valence-electron chi connectivity index (χ4n) is 3.49. The Morgan fingerprint density at radius 2 is 1.58 bits per heavy atom. The molecule has 2 amide bonds. The average Bonchev–Trinajstić information content (AvgIpc) is 2.79. The zero-order valence-corrected chi connectivity index (χ0v) is 24.2. The molecule has 0 spiro atoms. The van der Waals surface area contributed by atoms with Crippen LogP contribution in [0, 0.1) is 0 Å². The molecule has 0 saturated carbocycles. The first-order valence-corrected chi connectivity index (χ1v) is 14.6. The highest BCUT2D eigenvalue weighted by Gasteiger charge is 2.33. The summed E-state index contributed by atoms with van der Waals surface area (Å²) < 4.78 is 26.3. The minimum Gasteiger partial charge on any atom is -0.352 e. The van der Waals surface area contributed by atoms with Crippen molar-refractivity contribution in [3.8, 4) is 0 Å². The number of hydrogen-bond acceptors (Lipinski definition) is 4. The standard InChI is InChI=1S/C24H29Cl4N3O4S/c1-5-15(3)29-24(33)21(6-2)30(13-17-18(26)8-7-9-19(17)27)23(32)14-31(36(4,34)35)22-12-16(25)10-11-20(22)28/h7-12,15,21H,5-6,13-14H2,1-4H3,(H,29,33)/t15-,21-/m1/s1. The predicted octanol–water partition coefficient (Wildman–Crippen LogP) is 5.79. The van der Waals surface area contributed by atoms with Crippen molar-refractivity contribution in [2.45, 2.75) is 52.2 Å². The van der Waals surface area contributed by atoms with Crippen molar-refractivity contribution >= 4 is 73.9 Å². The van der Waals surface area contributed by atoms with Gasteiger partial charge in [0, 0.05) is 33.2 Å². The van der Waals surface area contributed by atoms with Gasteiger partial charge in [0.05, 0.1) is 17.0 Å². The lowest BCUT2D eigenvalue weighted by Crippen LogP contribution is -2.53. The van der Waals surface area contributed by atoms with Crippen molar-refractivity contribution in [2.75, 3.05) is 17.1 Å². The quantitative estimate of drug-likeness (QED) is 0.356. The molecule has 36 heavy (non-hydrogen) atoms. The summed E-state index contributed by atoms with van der Waals surface area (Å²) in [6.07, 6.45) is 1.92. The summed E-state index contributed by atoms with van der Waals surface area (Å²) in [5.74, 6) is -1.01. The monoisotopic (exact) mass is 595 g/mol. The molecule has 7 nitrogen and oxygen atoms in total. The van der Waals surface area contributed by atoms with E-state index in [0.29, 0.717) is 22.0 Å². The van der Waals surface area contributed by atoms with E-state index in [1.54, 1.807) is 25.1 Å². The maximum Gasteiger partial charge on any atom is 0.244 e. The first-order chi connectivity index (χ1) is 16.8. The topological polar surface area (TPSA) is 86.8 Å². The molecule has 12 heteroatoms. The van der Waals surface area contributed by atoms with Crippen LogP contribution in [0.2, 0.25) is 20.1 Å². The number of nitrogens with zero attached hydrogens (tertiary/aromatic N) is 2. The van der Waals surface area contributed by atoms with E-state index < -0.39 is 28.5 Å². The Bertz CT molecular complexity index is 1190. The van der Waals surface area contributed by atoms with Crippen molar-refractivity contribution in [3.05, 3.63) is 62.1 Å². The number of benzene rings is 2. The smallest absolute Gasteiger partial charge is 0.244 e. The molecule has 0 aliphatic carbocycles. The molecule has 0 bridgehead atoms. The summed E-state index contributed by atoms with van der Waals surface area (Å²) in [7, 11) is -3.96. The van der Waals surface area contributed by atoms with Gasteiger partial charge < -0.3 is 10.2 Å². The maximum atomic E-state index is 13.7. The largest absolute Gasteiger partial charge is 0.352 e. The number of sulfonamides is 1. The van der Waals surface area contributed by atoms with Crippen LogP contribution in [0.1, 0.15) is 39.2 Å². The summed E-state index contributed by atoms with van der Waals surface area (Å²) in [4.78, 5) is 28.2. The van der Waals surface area contributed by atoms with Crippen molar-refractivity contribution in [2.24, 2.45) is 0 Å². The van der Waals surface area contributed by atoms with E-state index in [4.69, 9.17) is 46.4 Å². The van der Waals surface area contributed by atoms with E-state index in [1.807, 2.05) is 13.8 Å². The minimum atomic E-state index is -3.96.